The summed E-state index contributed by atoms with van der Waals surface area (Å²) >= 11 is 0. The van der Waals surface area contributed by atoms with E-state index in [9.17, 15) is 0 Å². The van der Waals surface area contributed by atoms with Gasteiger partial charge in [-0.25, -0.2) is 0 Å². The average Bonchev–Trinajstić information content (AvgIpc) is 2.39. The molecule has 0 heterocycles. The fourth-order valence-corrected chi connectivity index (χ4v) is 1.97. The highest BCUT2D eigenvalue weighted by molar-refractivity contribution is 5.56. The molecule has 0 atom stereocenters. The number of hydrogen-bond donors (Lipinski definition) is 1. The number of aryl methyl sites for hydroxylation is 1. The predicted molar refractivity (Wildman–Crippen MR) is 80.7 cm³/mol. The van der Waals surface area contributed by atoms with Crippen LogP contribution in [-0.4, -0.2) is 6.10 Å². The van der Waals surface area contributed by atoms with Crippen LogP contribution in [0.4, 0.5) is 5.69 Å². The van der Waals surface area contributed by atoms with Crippen molar-refractivity contribution in [1.82, 2.24) is 0 Å². The van der Waals surface area contributed by atoms with Gasteiger partial charge < -0.3 is 10.1 Å². The molecule has 0 aromatic heterocycles. The Morgan fingerprint density at radius 3 is 2.42 bits per heavy atom. The molecule has 2 rings (SSSR count). The van der Waals surface area contributed by atoms with Crippen LogP contribution in [0.3, 0.4) is 0 Å². The average molecular weight is 255 g/mol. The SMILES string of the molecule is Cc1ccccc1CNc1ccccc1OC(C)C. The molecule has 19 heavy (non-hydrogen) atoms. The van der Waals surface area contributed by atoms with Crippen molar-refractivity contribution in [2.75, 3.05) is 5.32 Å². The van der Waals surface area contributed by atoms with Gasteiger partial charge in [0.05, 0.1) is 11.8 Å². The minimum absolute atomic E-state index is 0.182. The van der Waals surface area contributed by atoms with Crippen molar-refractivity contribution in [1.29, 1.82) is 0 Å². The van der Waals surface area contributed by atoms with Crippen molar-refractivity contribution in [3.8, 4) is 5.75 Å². The van der Waals surface area contributed by atoms with Crippen molar-refractivity contribution in [3.05, 3.63) is 59.7 Å². The van der Waals surface area contributed by atoms with Crippen LogP contribution < -0.4 is 10.1 Å². The normalized spacial score (nSPS) is 10.5. The maximum atomic E-state index is 5.80. The second kappa shape index (κ2) is 6.28. The van der Waals surface area contributed by atoms with E-state index in [4.69, 9.17) is 4.74 Å². The molecule has 0 amide bonds. The van der Waals surface area contributed by atoms with Gasteiger partial charge in [-0.2, -0.15) is 0 Å². The van der Waals surface area contributed by atoms with E-state index >= 15 is 0 Å². The largest absolute Gasteiger partial charge is 0.489 e. The van der Waals surface area contributed by atoms with E-state index in [2.05, 4.69) is 42.6 Å². The molecule has 0 radical (unpaired) electrons. The summed E-state index contributed by atoms with van der Waals surface area (Å²) in [5.74, 6) is 0.908. The van der Waals surface area contributed by atoms with Crippen molar-refractivity contribution in [2.24, 2.45) is 0 Å². The Morgan fingerprint density at radius 1 is 1.00 bits per heavy atom. The van der Waals surface area contributed by atoms with Gasteiger partial charge in [0.1, 0.15) is 5.75 Å². The number of nitrogens with one attached hydrogen (secondary N) is 1. The van der Waals surface area contributed by atoms with Crippen LogP contribution in [0.2, 0.25) is 0 Å². The van der Waals surface area contributed by atoms with Crippen molar-refractivity contribution in [2.45, 2.75) is 33.4 Å². The van der Waals surface area contributed by atoms with Crippen LogP contribution in [0, 0.1) is 6.92 Å². The maximum absolute atomic E-state index is 5.80. The first-order valence-electron chi connectivity index (χ1n) is 6.71. The summed E-state index contributed by atoms with van der Waals surface area (Å²) < 4.78 is 5.80. The Balaban J connectivity index is 2.09. The summed E-state index contributed by atoms with van der Waals surface area (Å²) in [5.41, 5.74) is 3.65. The molecule has 0 fully saturated rings. The number of rotatable bonds is 5. The molecule has 0 aliphatic carbocycles. The molecule has 0 saturated carbocycles. The van der Waals surface area contributed by atoms with Crippen LogP contribution in [0.1, 0.15) is 25.0 Å². The van der Waals surface area contributed by atoms with Gasteiger partial charge in [-0.3, -0.25) is 0 Å². The topological polar surface area (TPSA) is 21.3 Å². The van der Waals surface area contributed by atoms with E-state index in [1.54, 1.807) is 0 Å². The smallest absolute Gasteiger partial charge is 0.142 e. The number of benzene rings is 2. The van der Waals surface area contributed by atoms with Crippen molar-refractivity contribution < 1.29 is 4.74 Å². The molecule has 0 spiro atoms. The molecular formula is C17H21NO. The zero-order valence-corrected chi connectivity index (χ0v) is 11.8. The fraction of sp³-hybridized carbons (Fsp3) is 0.294. The second-order valence-corrected chi connectivity index (χ2v) is 4.94. The molecule has 0 aliphatic heterocycles. The Labute approximate surface area is 115 Å². The predicted octanol–water partition coefficient (Wildman–Crippen LogP) is 4.39. The van der Waals surface area contributed by atoms with E-state index in [0.29, 0.717) is 0 Å². The van der Waals surface area contributed by atoms with Crippen LogP contribution in [0.25, 0.3) is 0 Å². The van der Waals surface area contributed by atoms with Gasteiger partial charge in [0.15, 0.2) is 0 Å². The standard InChI is InChI=1S/C17H21NO/c1-13(2)19-17-11-7-6-10-16(17)18-12-15-9-5-4-8-14(15)3/h4-11,13,18H,12H2,1-3H3. The lowest BCUT2D eigenvalue weighted by Gasteiger charge is -2.16. The first-order valence-corrected chi connectivity index (χ1v) is 6.71. The lowest BCUT2D eigenvalue weighted by Crippen LogP contribution is -2.09. The number of hydrogen-bond acceptors (Lipinski definition) is 2. The van der Waals surface area contributed by atoms with E-state index in [1.807, 2.05) is 32.0 Å². The van der Waals surface area contributed by atoms with Gasteiger partial charge >= 0.3 is 0 Å². The fourth-order valence-electron chi connectivity index (χ4n) is 1.97. The third-order valence-corrected chi connectivity index (χ3v) is 2.98. The number of para-hydroxylation sites is 2. The summed E-state index contributed by atoms with van der Waals surface area (Å²) in [5, 5.41) is 3.45. The molecule has 2 heteroatoms. The lowest BCUT2D eigenvalue weighted by atomic mass is 10.1. The summed E-state index contributed by atoms with van der Waals surface area (Å²) in [4.78, 5) is 0. The van der Waals surface area contributed by atoms with Crippen LogP contribution in [-0.2, 0) is 6.54 Å². The Hall–Kier alpha value is -1.96. The Bertz CT molecular complexity index is 534. The van der Waals surface area contributed by atoms with Gasteiger partial charge in [0.25, 0.3) is 0 Å². The summed E-state index contributed by atoms with van der Waals surface area (Å²) in [6, 6.07) is 16.5. The number of ether oxygens (including phenoxy) is 1. The zero-order valence-electron chi connectivity index (χ0n) is 11.8. The van der Waals surface area contributed by atoms with Gasteiger partial charge in [-0.1, -0.05) is 36.4 Å². The summed E-state index contributed by atoms with van der Waals surface area (Å²) in [6.45, 7) is 7.02. The maximum Gasteiger partial charge on any atom is 0.142 e. The van der Waals surface area contributed by atoms with E-state index < -0.39 is 0 Å². The molecule has 0 aliphatic rings. The van der Waals surface area contributed by atoms with Crippen molar-refractivity contribution in [3.63, 3.8) is 0 Å². The first kappa shape index (κ1) is 13.5. The van der Waals surface area contributed by atoms with Gasteiger partial charge in [-0.15, -0.1) is 0 Å². The highest BCUT2D eigenvalue weighted by Gasteiger charge is 2.05. The quantitative estimate of drug-likeness (QED) is 0.855. The van der Waals surface area contributed by atoms with Crippen molar-refractivity contribution >= 4 is 5.69 Å². The minimum Gasteiger partial charge on any atom is -0.489 e. The van der Waals surface area contributed by atoms with Gasteiger partial charge in [0, 0.05) is 6.54 Å². The third kappa shape index (κ3) is 3.75. The van der Waals surface area contributed by atoms with E-state index in [-0.39, 0.29) is 6.10 Å². The minimum atomic E-state index is 0.182. The lowest BCUT2D eigenvalue weighted by molar-refractivity contribution is 0.243. The van der Waals surface area contributed by atoms with E-state index in [0.717, 1.165) is 18.0 Å². The first-order chi connectivity index (χ1) is 9.16. The third-order valence-electron chi connectivity index (χ3n) is 2.98. The van der Waals surface area contributed by atoms with Gasteiger partial charge in [-0.05, 0) is 44.0 Å². The van der Waals surface area contributed by atoms with Crippen LogP contribution in [0.5, 0.6) is 5.75 Å². The number of anilines is 1. The summed E-state index contributed by atoms with van der Waals surface area (Å²) in [7, 11) is 0. The monoisotopic (exact) mass is 255 g/mol. The molecule has 2 aromatic carbocycles. The highest BCUT2D eigenvalue weighted by Crippen LogP contribution is 2.25. The Morgan fingerprint density at radius 2 is 1.68 bits per heavy atom. The molecule has 2 aromatic rings. The molecule has 1 N–H and O–H groups in total. The molecule has 2 nitrogen and oxygen atoms in total. The molecule has 0 unspecified atom stereocenters. The summed E-state index contributed by atoms with van der Waals surface area (Å²) in [6.07, 6.45) is 0.182. The second-order valence-electron chi connectivity index (χ2n) is 4.94. The molecule has 0 saturated heterocycles. The highest BCUT2D eigenvalue weighted by atomic mass is 16.5. The molecule has 100 valence electrons. The van der Waals surface area contributed by atoms with Crippen LogP contribution >= 0.6 is 0 Å². The zero-order chi connectivity index (χ0) is 13.7. The Kier molecular flexibility index (Phi) is 4.45. The van der Waals surface area contributed by atoms with Crippen LogP contribution in [0.15, 0.2) is 48.5 Å². The molecule has 0 bridgehead atoms. The molecular weight excluding hydrogens is 234 g/mol. The van der Waals surface area contributed by atoms with Gasteiger partial charge in [0.2, 0.25) is 0 Å². The van der Waals surface area contributed by atoms with E-state index in [1.165, 1.54) is 11.1 Å².